The van der Waals surface area contributed by atoms with Crippen molar-refractivity contribution < 1.29 is 5.11 Å². The zero-order chi connectivity index (χ0) is 14.4. The van der Waals surface area contributed by atoms with Crippen molar-refractivity contribution in [3.8, 4) is 0 Å². The van der Waals surface area contributed by atoms with Crippen molar-refractivity contribution in [2.24, 2.45) is 0 Å². The molecule has 2 rings (SSSR count). The van der Waals surface area contributed by atoms with Crippen molar-refractivity contribution >= 4 is 0 Å². The number of nitrogens with one attached hydrogen (secondary N) is 1. The Morgan fingerprint density at radius 1 is 1.20 bits per heavy atom. The number of aliphatic hydroxyl groups excluding tert-OH is 1. The van der Waals surface area contributed by atoms with Gasteiger partial charge in [-0.15, -0.1) is 0 Å². The Morgan fingerprint density at radius 3 is 2.65 bits per heavy atom. The summed E-state index contributed by atoms with van der Waals surface area (Å²) in [6.45, 7) is 8.52. The SMILES string of the molecule is CCC(CO)(CCCN1CCCN(C)CC1)NC1CC1. The third-order valence-corrected chi connectivity index (χ3v) is 5.01. The normalized spacial score (nSPS) is 25.4. The van der Waals surface area contributed by atoms with Crippen LogP contribution in [0.2, 0.25) is 0 Å². The van der Waals surface area contributed by atoms with Crippen LogP contribution in [0.1, 0.15) is 45.4 Å². The van der Waals surface area contributed by atoms with Gasteiger partial charge in [-0.2, -0.15) is 0 Å². The average Bonchev–Trinajstić information content (AvgIpc) is 3.27. The Morgan fingerprint density at radius 2 is 2.00 bits per heavy atom. The van der Waals surface area contributed by atoms with Gasteiger partial charge in [0, 0.05) is 24.7 Å². The zero-order valence-corrected chi connectivity index (χ0v) is 13.4. The molecular weight excluding hydrogens is 250 g/mol. The molecule has 1 atom stereocenters. The molecule has 2 aliphatic rings. The second-order valence-electron chi connectivity index (χ2n) is 6.81. The largest absolute Gasteiger partial charge is 0.394 e. The summed E-state index contributed by atoms with van der Waals surface area (Å²) >= 11 is 0. The minimum absolute atomic E-state index is 0.0240. The summed E-state index contributed by atoms with van der Waals surface area (Å²) < 4.78 is 0. The van der Waals surface area contributed by atoms with E-state index in [4.69, 9.17) is 0 Å². The fraction of sp³-hybridized carbons (Fsp3) is 1.00. The van der Waals surface area contributed by atoms with Crippen LogP contribution in [0.15, 0.2) is 0 Å². The average molecular weight is 283 g/mol. The summed E-state index contributed by atoms with van der Waals surface area (Å²) in [5, 5.41) is 13.5. The highest BCUT2D eigenvalue weighted by Crippen LogP contribution is 2.26. The first-order valence-corrected chi connectivity index (χ1v) is 8.47. The monoisotopic (exact) mass is 283 g/mol. The third kappa shape index (κ3) is 4.99. The molecule has 2 fully saturated rings. The Kier molecular flexibility index (Phi) is 6.27. The van der Waals surface area contributed by atoms with E-state index in [-0.39, 0.29) is 12.1 Å². The van der Waals surface area contributed by atoms with Crippen molar-refractivity contribution in [1.82, 2.24) is 15.1 Å². The van der Waals surface area contributed by atoms with E-state index in [0.717, 1.165) is 12.8 Å². The van der Waals surface area contributed by atoms with Crippen LogP contribution < -0.4 is 5.32 Å². The van der Waals surface area contributed by atoms with Crippen LogP contribution in [0.5, 0.6) is 0 Å². The number of hydrogen-bond donors (Lipinski definition) is 2. The molecule has 2 N–H and O–H groups in total. The maximum Gasteiger partial charge on any atom is 0.0613 e. The van der Waals surface area contributed by atoms with Gasteiger partial charge < -0.3 is 20.2 Å². The van der Waals surface area contributed by atoms with Gasteiger partial charge in [-0.1, -0.05) is 6.92 Å². The predicted molar refractivity (Wildman–Crippen MR) is 84.1 cm³/mol. The third-order valence-electron chi connectivity index (χ3n) is 5.01. The van der Waals surface area contributed by atoms with Crippen LogP contribution >= 0.6 is 0 Å². The van der Waals surface area contributed by atoms with E-state index in [1.165, 1.54) is 58.4 Å². The fourth-order valence-corrected chi connectivity index (χ4v) is 3.21. The number of likely N-dealkylation sites (N-methyl/N-ethyl adjacent to an activating group) is 1. The first kappa shape index (κ1) is 16.2. The van der Waals surface area contributed by atoms with Gasteiger partial charge in [-0.3, -0.25) is 0 Å². The van der Waals surface area contributed by atoms with Gasteiger partial charge in [0.2, 0.25) is 0 Å². The minimum atomic E-state index is -0.0240. The van der Waals surface area contributed by atoms with E-state index < -0.39 is 0 Å². The van der Waals surface area contributed by atoms with E-state index in [1.807, 2.05) is 0 Å². The van der Waals surface area contributed by atoms with Crippen LogP contribution in [0.4, 0.5) is 0 Å². The summed E-state index contributed by atoms with van der Waals surface area (Å²) in [7, 11) is 2.22. The van der Waals surface area contributed by atoms with Crippen LogP contribution in [0, 0.1) is 0 Å². The van der Waals surface area contributed by atoms with E-state index in [2.05, 4.69) is 29.1 Å². The van der Waals surface area contributed by atoms with Crippen LogP contribution in [0.25, 0.3) is 0 Å². The Bertz CT molecular complexity index is 277. The van der Waals surface area contributed by atoms with Gasteiger partial charge in [-0.25, -0.2) is 0 Å². The molecule has 0 aromatic heterocycles. The summed E-state index contributed by atoms with van der Waals surface area (Å²) in [6, 6.07) is 0.675. The van der Waals surface area contributed by atoms with E-state index in [9.17, 15) is 5.11 Å². The molecule has 0 aromatic carbocycles. The lowest BCUT2D eigenvalue weighted by molar-refractivity contribution is 0.136. The highest BCUT2D eigenvalue weighted by atomic mass is 16.3. The summed E-state index contributed by atoms with van der Waals surface area (Å²) in [4.78, 5) is 5.02. The number of hydrogen-bond acceptors (Lipinski definition) is 4. The van der Waals surface area contributed by atoms with Gasteiger partial charge in [0.25, 0.3) is 0 Å². The molecule has 1 heterocycles. The van der Waals surface area contributed by atoms with E-state index in [1.54, 1.807) is 0 Å². The van der Waals surface area contributed by atoms with Crippen molar-refractivity contribution in [2.75, 3.05) is 46.4 Å². The fourth-order valence-electron chi connectivity index (χ4n) is 3.21. The predicted octanol–water partition coefficient (Wildman–Crippen LogP) is 1.30. The molecule has 4 heteroatoms. The van der Waals surface area contributed by atoms with Crippen LogP contribution in [0.3, 0.4) is 0 Å². The molecule has 1 aliphatic heterocycles. The molecule has 20 heavy (non-hydrogen) atoms. The second-order valence-corrected chi connectivity index (χ2v) is 6.81. The molecule has 118 valence electrons. The molecule has 1 unspecified atom stereocenters. The first-order chi connectivity index (χ1) is 9.67. The molecule has 0 aromatic rings. The first-order valence-electron chi connectivity index (χ1n) is 8.47. The molecule has 0 radical (unpaired) electrons. The number of nitrogens with zero attached hydrogens (tertiary/aromatic N) is 2. The topological polar surface area (TPSA) is 38.7 Å². The van der Waals surface area contributed by atoms with Gasteiger partial charge in [-0.05, 0) is 65.2 Å². The highest BCUT2D eigenvalue weighted by molar-refractivity contribution is 4.94. The second kappa shape index (κ2) is 7.74. The lowest BCUT2D eigenvalue weighted by atomic mass is 9.91. The Hall–Kier alpha value is -0.160. The number of rotatable bonds is 8. The quantitative estimate of drug-likeness (QED) is 0.704. The lowest BCUT2D eigenvalue weighted by Crippen LogP contribution is -2.49. The van der Waals surface area contributed by atoms with Gasteiger partial charge in [0.1, 0.15) is 0 Å². The molecule has 1 saturated carbocycles. The van der Waals surface area contributed by atoms with Gasteiger partial charge in [0.15, 0.2) is 0 Å². The molecular formula is C16H33N3O. The zero-order valence-electron chi connectivity index (χ0n) is 13.4. The molecule has 0 bridgehead atoms. The van der Waals surface area contributed by atoms with Gasteiger partial charge in [0.05, 0.1) is 6.61 Å². The minimum Gasteiger partial charge on any atom is -0.394 e. The molecule has 0 amide bonds. The summed E-state index contributed by atoms with van der Waals surface area (Å²) in [6.07, 6.45) is 7.19. The molecule has 1 aliphatic carbocycles. The molecule has 0 spiro atoms. The molecule has 4 nitrogen and oxygen atoms in total. The standard InChI is InChI=1S/C16H33N3O/c1-3-16(14-20,17-15-6-7-15)8-4-10-19-11-5-9-18(2)12-13-19/h15,17,20H,3-14H2,1-2H3. The molecule has 1 saturated heterocycles. The lowest BCUT2D eigenvalue weighted by Gasteiger charge is -2.33. The van der Waals surface area contributed by atoms with Crippen LogP contribution in [-0.4, -0.2) is 72.9 Å². The van der Waals surface area contributed by atoms with E-state index >= 15 is 0 Å². The summed E-state index contributed by atoms with van der Waals surface area (Å²) in [5.41, 5.74) is -0.0240. The maximum absolute atomic E-state index is 9.79. The smallest absolute Gasteiger partial charge is 0.0613 e. The van der Waals surface area contributed by atoms with Crippen molar-refractivity contribution in [1.29, 1.82) is 0 Å². The van der Waals surface area contributed by atoms with Crippen molar-refractivity contribution in [3.63, 3.8) is 0 Å². The van der Waals surface area contributed by atoms with E-state index in [0.29, 0.717) is 6.04 Å². The maximum atomic E-state index is 9.79. The Balaban J connectivity index is 1.71. The van der Waals surface area contributed by atoms with Crippen molar-refractivity contribution in [2.45, 2.75) is 57.0 Å². The summed E-state index contributed by atoms with van der Waals surface area (Å²) in [5.74, 6) is 0. The van der Waals surface area contributed by atoms with Gasteiger partial charge >= 0.3 is 0 Å². The number of aliphatic hydroxyl groups is 1. The van der Waals surface area contributed by atoms with Crippen LogP contribution in [-0.2, 0) is 0 Å². The highest BCUT2D eigenvalue weighted by Gasteiger charge is 2.34. The Labute approximate surface area is 124 Å². The van der Waals surface area contributed by atoms with Crippen molar-refractivity contribution in [3.05, 3.63) is 0 Å².